The molecule has 0 aliphatic carbocycles. The molecule has 8 heteroatoms. The molecule has 0 radical (unpaired) electrons. The molecule has 0 amide bonds. The quantitative estimate of drug-likeness (QED) is 0.363. The van der Waals surface area contributed by atoms with Crippen LogP contribution in [-0.4, -0.2) is 54.9 Å². The van der Waals surface area contributed by atoms with E-state index in [4.69, 9.17) is 34.8 Å². The molecule has 4 nitrogen and oxygen atoms in total. The van der Waals surface area contributed by atoms with Crippen molar-refractivity contribution in [3.63, 3.8) is 0 Å². The Morgan fingerprint density at radius 1 is 0.972 bits per heavy atom. The van der Waals surface area contributed by atoms with Crippen molar-refractivity contribution in [2.45, 2.75) is 12.8 Å². The Bertz CT molecular complexity index is 1300. The largest absolute Gasteiger partial charge is 0.370 e. The number of rotatable bonds is 6. The van der Waals surface area contributed by atoms with E-state index in [-0.39, 0.29) is 0 Å². The second-order valence-electron chi connectivity index (χ2n) is 9.74. The van der Waals surface area contributed by atoms with E-state index in [0.717, 1.165) is 54.1 Å². The molecule has 1 N–H and O–H groups in total. The first-order chi connectivity index (χ1) is 17.2. The number of fused-ring (bicyclic) bond motifs is 1. The summed E-state index contributed by atoms with van der Waals surface area (Å²) in [4.78, 5) is 6.36. The highest BCUT2D eigenvalue weighted by Crippen LogP contribution is 2.46. The van der Waals surface area contributed by atoms with E-state index in [0.29, 0.717) is 26.7 Å². The van der Waals surface area contributed by atoms with Crippen molar-refractivity contribution in [3.8, 4) is 11.1 Å². The van der Waals surface area contributed by atoms with E-state index in [1.807, 2.05) is 6.08 Å². The van der Waals surface area contributed by atoms with Crippen molar-refractivity contribution in [1.82, 2.24) is 9.80 Å². The van der Waals surface area contributed by atoms with Gasteiger partial charge in [-0.05, 0) is 79.7 Å². The summed E-state index contributed by atoms with van der Waals surface area (Å²) in [5, 5.41) is 12.2. The van der Waals surface area contributed by atoms with Crippen molar-refractivity contribution in [2.75, 3.05) is 38.6 Å². The predicted molar refractivity (Wildman–Crippen MR) is 148 cm³/mol. The van der Waals surface area contributed by atoms with Crippen LogP contribution in [-0.2, 0) is 6.54 Å². The number of likely N-dealkylation sites (tertiary alicyclic amines) is 1. The number of aliphatic hydroxyl groups is 1. The summed E-state index contributed by atoms with van der Waals surface area (Å²) in [6.07, 6.45) is 2.59. The monoisotopic (exact) mass is 545 g/mol. The molecule has 188 valence electrons. The zero-order valence-corrected chi connectivity index (χ0v) is 22.3. The van der Waals surface area contributed by atoms with E-state index >= 15 is 0 Å². The van der Waals surface area contributed by atoms with Gasteiger partial charge in [0.05, 0.1) is 26.4 Å². The fourth-order valence-electron chi connectivity index (χ4n) is 5.17. The Kier molecular flexibility index (Phi) is 7.32. The van der Waals surface area contributed by atoms with Crippen molar-refractivity contribution >= 4 is 52.3 Å². The Labute approximate surface area is 226 Å². The zero-order chi connectivity index (χ0) is 25.6. The number of hydrogen-bond donors (Lipinski definition) is 1. The fraction of sp³-hybridized carbons (Fsp3) is 0.286. The average Bonchev–Trinajstić information content (AvgIpc) is 2.78. The molecule has 2 aliphatic rings. The van der Waals surface area contributed by atoms with Crippen LogP contribution in [0.1, 0.15) is 11.1 Å². The third kappa shape index (κ3) is 5.01. The third-order valence-electron chi connectivity index (χ3n) is 6.64. The van der Waals surface area contributed by atoms with Gasteiger partial charge in [0.25, 0.3) is 0 Å². The van der Waals surface area contributed by atoms with Gasteiger partial charge >= 0.3 is 0 Å². The molecule has 0 bridgehead atoms. The smallest absolute Gasteiger partial charge is 0.150 e. The SMILES string of the molecule is CN(C)CC1CN(Cc2cc(-c3ccc(F)cc3Cl)c3c(c2)N(c2c(Cl)cccc2Cl)C(O)C=C3)C1. The minimum Gasteiger partial charge on any atom is -0.370 e. The number of benzene rings is 3. The summed E-state index contributed by atoms with van der Waals surface area (Å²) < 4.78 is 13.9. The number of para-hydroxylation sites is 1. The lowest BCUT2D eigenvalue weighted by Crippen LogP contribution is -2.49. The number of halogens is 4. The van der Waals surface area contributed by atoms with Crippen LogP contribution in [0.5, 0.6) is 0 Å². The lowest BCUT2D eigenvalue weighted by atomic mass is 9.91. The molecule has 0 aromatic heterocycles. The first-order valence-electron chi connectivity index (χ1n) is 11.8. The lowest BCUT2D eigenvalue weighted by Gasteiger charge is -2.41. The van der Waals surface area contributed by atoms with Crippen LogP contribution in [0.25, 0.3) is 17.2 Å². The average molecular weight is 547 g/mol. The maximum Gasteiger partial charge on any atom is 0.150 e. The normalized spacial score (nSPS) is 18.0. The molecule has 2 heterocycles. The molecule has 1 saturated heterocycles. The lowest BCUT2D eigenvalue weighted by molar-refractivity contribution is 0.0730. The van der Waals surface area contributed by atoms with Crippen LogP contribution >= 0.6 is 34.8 Å². The Hall–Kier alpha value is -2.12. The van der Waals surface area contributed by atoms with E-state index in [2.05, 4.69) is 36.0 Å². The Balaban J connectivity index is 1.62. The van der Waals surface area contributed by atoms with Gasteiger partial charge in [0.15, 0.2) is 6.23 Å². The molecular formula is C28H27Cl3FN3O. The molecule has 1 unspecified atom stereocenters. The molecule has 1 fully saturated rings. The van der Waals surface area contributed by atoms with Gasteiger partial charge in [-0.1, -0.05) is 46.9 Å². The zero-order valence-electron chi connectivity index (χ0n) is 20.1. The number of hydrogen-bond acceptors (Lipinski definition) is 4. The van der Waals surface area contributed by atoms with E-state index in [9.17, 15) is 9.50 Å². The molecule has 1 atom stereocenters. The van der Waals surface area contributed by atoms with Gasteiger partial charge in [-0.3, -0.25) is 4.90 Å². The fourth-order valence-corrected chi connectivity index (χ4v) is 6.02. The Morgan fingerprint density at radius 3 is 2.36 bits per heavy atom. The summed E-state index contributed by atoms with van der Waals surface area (Å²) in [6.45, 7) is 3.84. The minimum atomic E-state index is -0.963. The summed E-state index contributed by atoms with van der Waals surface area (Å²) >= 11 is 19.7. The molecule has 3 aromatic rings. The topological polar surface area (TPSA) is 30.0 Å². The first-order valence-corrected chi connectivity index (χ1v) is 12.9. The molecule has 3 aromatic carbocycles. The summed E-state index contributed by atoms with van der Waals surface area (Å²) in [6, 6.07) is 13.9. The summed E-state index contributed by atoms with van der Waals surface area (Å²) in [5.41, 5.74) is 4.77. The molecule has 36 heavy (non-hydrogen) atoms. The van der Waals surface area contributed by atoms with E-state index < -0.39 is 12.0 Å². The molecule has 5 rings (SSSR count). The highest BCUT2D eigenvalue weighted by Gasteiger charge is 2.31. The van der Waals surface area contributed by atoms with Crippen LogP contribution in [0.15, 0.2) is 54.6 Å². The van der Waals surface area contributed by atoms with Gasteiger partial charge in [0.2, 0.25) is 0 Å². The van der Waals surface area contributed by atoms with Gasteiger partial charge in [0.1, 0.15) is 5.82 Å². The van der Waals surface area contributed by atoms with Gasteiger partial charge < -0.3 is 14.9 Å². The van der Waals surface area contributed by atoms with E-state index in [1.54, 1.807) is 35.2 Å². The summed E-state index contributed by atoms with van der Waals surface area (Å²) in [7, 11) is 4.19. The first kappa shape index (κ1) is 25.5. The molecule has 0 spiro atoms. The third-order valence-corrected chi connectivity index (χ3v) is 7.56. The molecule has 0 saturated carbocycles. The second kappa shape index (κ2) is 10.3. The maximum absolute atomic E-state index is 13.9. The van der Waals surface area contributed by atoms with E-state index in [1.165, 1.54) is 12.1 Å². The minimum absolute atomic E-state index is 0.325. The van der Waals surface area contributed by atoms with Crippen LogP contribution in [0.2, 0.25) is 15.1 Å². The van der Waals surface area contributed by atoms with Gasteiger partial charge in [0, 0.05) is 37.3 Å². The number of nitrogens with zero attached hydrogens (tertiary/aromatic N) is 3. The van der Waals surface area contributed by atoms with Crippen molar-refractivity contribution in [2.24, 2.45) is 5.92 Å². The van der Waals surface area contributed by atoms with Gasteiger partial charge in [-0.25, -0.2) is 4.39 Å². The van der Waals surface area contributed by atoms with Crippen molar-refractivity contribution in [1.29, 1.82) is 0 Å². The van der Waals surface area contributed by atoms with Gasteiger partial charge in [-0.15, -0.1) is 0 Å². The van der Waals surface area contributed by atoms with Crippen molar-refractivity contribution in [3.05, 3.63) is 86.6 Å². The van der Waals surface area contributed by atoms with Crippen molar-refractivity contribution < 1.29 is 9.50 Å². The number of anilines is 2. The van der Waals surface area contributed by atoms with Crippen LogP contribution in [0, 0.1) is 11.7 Å². The Morgan fingerprint density at radius 2 is 1.69 bits per heavy atom. The van der Waals surface area contributed by atoms with Crippen LogP contribution < -0.4 is 4.90 Å². The van der Waals surface area contributed by atoms with Gasteiger partial charge in [-0.2, -0.15) is 0 Å². The molecule has 2 aliphatic heterocycles. The van der Waals surface area contributed by atoms with Crippen LogP contribution in [0.3, 0.4) is 0 Å². The highest BCUT2D eigenvalue weighted by atomic mass is 35.5. The predicted octanol–water partition coefficient (Wildman–Crippen LogP) is 6.93. The molecular weight excluding hydrogens is 520 g/mol. The second-order valence-corrected chi connectivity index (χ2v) is 11.0. The van der Waals surface area contributed by atoms with Crippen LogP contribution in [0.4, 0.5) is 15.8 Å². The standard InChI is InChI=1S/C28H27Cl3FN3O/c1-33(2)13-18-15-34(16-18)14-17-10-22(20-7-6-19(32)12-25(20)31)21-8-9-27(36)35(26(21)11-17)28-23(29)4-3-5-24(28)30/h3-12,18,27,36H,13-16H2,1-2H3. The number of aliphatic hydroxyl groups excluding tert-OH is 1. The highest BCUT2D eigenvalue weighted by molar-refractivity contribution is 6.39. The maximum atomic E-state index is 13.9. The summed E-state index contributed by atoms with van der Waals surface area (Å²) in [5.74, 6) is 0.253.